The van der Waals surface area contributed by atoms with Crippen molar-refractivity contribution in [2.75, 3.05) is 18.1 Å². The molecule has 0 bridgehead atoms. The number of carbonyl (C=O) groups is 3. The predicted molar refractivity (Wildman–Crippen MR) is 127 cm³/mol. The number of unbranched alkanes of at least 4 members (excludes halogenated alkanes) is 7. The van der Waals surface area contributed by atoms with E-state index in [1.54, 1.807) is 6.92 Å². The highest BCUT2D eigenvalue weighted by Gasteiger charge is 2.25. The zero-order valence-corrected chi connectivity index (χ0v) is 20.6. The Balaban J connectivity index is 3.65. The van der Waals surface area contributed by atoms with E-state index in [9.17, 15) is 14.4 Å². The summed E-state index contributed by atoms with van der Waals surface area (Å²) in [6.45, 7) is 7.99. The molecule has 0 aliphatic heterocycles. The smallest absolute Gasteiger partial charge is 0.328 e. The molecule has 6 heteroatoms. The van der Waals surface area contributed by atoms with Crippen molar-refractivity contribution >= 4 is 29.4 Å². The van der Waals surface area contributed by atoms with Gasteiger partial charge in [-0.05, 0) is 56.5 Å². The average Bonchev–Trinajstić information content (AvgIpc) is 2.69. The van der Waals surface area contributed by atoms with Gasteiger partial charge in [0.2, 0.25) is 5.91 Å². The zero-order chi connectivity index (χ0) is 22.6. The first kappa shape index (κ1) is 29.0. The van der Waals surface area contributed by atoms with Crippen LogP contribution in [0.4, 0.5) is 0 Å². The molecular formula is C24H45NO4S. The molecule has 30 heavy (non-hydrogen) atoms. The van der Waals surface area contributed by atoms with Crippen molar-refractivity contribution in [1.82, 2.24) is 5.32 Å². The maximum Gasteiger partial charge on any atom is 0.328 e. The van der Waals surface area contributed by atoms with Gasteiger partial charge in [0.05, 0.1) is 6.61 Å². The van der Waals surface area contributed by atoms with Crippen LogP contribution in [0.15, 0.2) is 0 Å². The topological polar surface area (TPSA) is 72.5 Å². The van der Waals surface area contributed by atoms with Gasteiger partial charge in [0.1, 0.15) is 11.8 Å². The van der Waals surface area contributed by atoms with Crippen LogP contribution in [0.2, 0.25) is 0 Å². The van der Waals surface area contributed by atoms with Crippen LogP contribution in [0.3, 0.4) is 0 Å². The summed E-state index contributed by atoms with van der Waals surface area (Å²) in [7, 11) is 0. The maximum atomic E-state index is 12.2. The number of rotatable bonds is 20. The van der Waals surface area contributed by atoms with Gasteiger partial charge in [-0.2, -0.15) is 11.8 Å². The minimum absolute atomic E-state index is 0.0229. The molecule has 0 saturated heterocycles. The molecule has 0 fully saturated rings. The Hall–Kier alpha value is -1.04. The minimum atomic E-state index is -0.547. The fraction of sp³-hybridized carbons (Fsp3) is 0.875. The number of nitrogens with one attached hydrogen (secondary N) is 1. The molecule has 0 aromatic carbocycles. The lowest BCUT2D eigenvalue weighted by molar-refractivity contribution is -0.149. The average molecular weight is 444 g/mol. The molecule has 5 nitrogen and oxygen atoms in total. The summed E-state index contributed by atoms with van der Waals surface area (Å²) in [5.74, 6) is 2.34. The summed E-state index contributed by atoms with van der Waals surface area (Å²) in [5, 5.41) is 2.85. The molecule has 0 spiro atoms. The largest absolute Gasteiger partial charge is 0.464 e. The van der Waals surface area contributed by atoms with Crippen LogP contribution in [-0.4, -0.2) is 41.8 Å². The second-order valence-electron chi connectivity index (χ2n) is 8.45. The molecule has 1 amide bonds. The fourth-order valence-electron chi connectivity index (χ4n) is 3.03. The highest BCUT2D eigenvalue weighted by molar-refractivity contribution is 7.99. The van der Waals surface area contributed by atoms with Crippen LogP contribution in [-0.2, 0) is 19.1 Å². The van der Waals surface area contributed by atoms with Gasteiger partial charge in [-0.15, -0.1) is 0 Å². The van der Waals surface area contributed by atoms with Gasteiger partial charge in [-0.25, -0.2) is 4.79 Å². The lowest BCUT2D eigenvalue weighted by Gasteiger charge is -2.20. The number of hydrogen-bond acceptors (Lipinski definition) is 5. The Morgan fingerprint density at radius 3 is 2.00 bits per heavy atom. The van der Waals surface area contributed by atoms with Gasteiger partial charge in [-0.1, -0.05) is 52.9 Å². The van der Waals surface area contributed by atoms with E-state index in [0.29, 0.717) is 18.8 Å². The molecule has 0 aliphatic carbocycles. The third kappa shape index (κ3) is 17.8. The molecule has 0 aliphatic rings. The van der Waals surface area contributed by atoms with Crippen molar-refractivity contribution in [2.45, 2.75) is 111 Å². The van der Waals surface area contributed by atoms with Gasteiger partial charge in [0.15, 0.2) is 0 Å². The molecule has 1 atom stereocenters. The van der Waals surface area contributed by atoms with Crippen molar-refractivity contribution in [2.24, 2.45) is 5.92 Å². The van der Waals surface area contributed by atoms with E-state index >= 15 is 0 Å². The second kappa shape index (κ2) is 19.9. The first-order chi connectivity index (χ1) is 14.4. The zero-order valence-electron chi connectivity index (χ0n) is 19.8. The quantitative estimate of drug-likeness (QED) is 0.193. The van der Waals surface area contributed by atoms with E-state index in [4.69, 9.17) is 4.74 Å². The second-order valence-corrected chi connectivity index (χ2v) is 9.68. The number of esters is 1. The molecule has 1 N–H and O–H groups in total. The number of carbonyl (C=O) groups excluding carboxylic acids is 3. The number of thioether (sulfide) groups is 1. The number of Topliss-reactive ketones (excluding diaryl/α,β-unsaturated/α-hetero) is 1. The van der Waals surface area contributed by atoms with Crippen LogP contribution in [0.1, 0.15) is 105 Å². The molecule has 1 unspecified atom stereocenters. The third-order valence-corrected chi connectivity index (χ3v) is 6.14. The minimum Gasteiger partial charge on any atom is -0.464 e. The third-order valence-electron chi connectivity index (χ3n) is 4.99. The molecule has 0 aromatic rings. The Bertz CT molecular complexity index is 468. The van der Waals surface area contributed by atoms with Crippen LogP contribution in [0.25, 0.3) is 0 Å². The Morgan fingerprint density at radius 1 is 0.833 bits per heavy atom. The summed E-state index contributed by atoms with van der Waals surface area (Å²) < 4.78 is 5.26. The standard InChI is InChI=1S/C24H45NO4S/c1-5-6-17-29-24(28)23(20(2)3)25-22(27)16-12-8-7-9-13-18-30-19-14-10-11-15-21(4)26/h20,23H,5-19H2,1-4H3,(H,25,27). The fourth-order valence-corrected chi connectivity index (χ4v) is 4.05. The van der Waals surface area contributed by atoms with E-state index < -0.39 is 6.04 Å². The van der Waals surface area contributed by atoms with Crippen LogP contribution >= 0.6 is 11.8 Å². The van der Waals surface area contributed by atoms with Crippen LogP contribution in [0.5, 0.6) is 0 Å². The molecule has 0 rings (SSSR count). The number of amides is 1. The Labute approximate surface area is 188 Å². The lowest BCUT2D eigenvalue weighted by atomic mass is 10.0. The van der Waals surface area contributed by atoms with E-state index in [1.165, 1.54) is 30.8 Å². The van der Waals surface area contributed by atoms with E-state index in [2.05, 4.69) is 12.2 Å². The Kier molecular flexibility index (Phi) is 19.2. The van der Waals surface area contributed by atoms with Crippen molar-refractivity contribution in [3.05, 3.63) is 0 Å². The summed E-state index contributed by atoms with van der Waals surface area (Å²) in [6.07, 6.45) is 11.9. The van der Waals surface area contributed by atoms with Gasteiger partial charge in [0.25, 0.3) is 0 Å². The van der Waals surface area contributed by atoms with E-state index in [-0.39, 0.29) is 17.8 Å². The lowest BCUT2D eigenvalue weighted by Crippen LogP contribution is -2.45. The summed E-state index contributed by atoms with van der Waals surface area (Å²) >= 11 is 2.01. The maximum absolute atomic E-state index is 12.2. The van der Waals surface area contributed by atoms with Crippen molar-refractivity contribution in [3.63, 3.8) is 0 Å². The summed E-state index contributed by atoms with van der Waals surface area (Å²) in [5.41, 5.74) is 0. The first-order valence-corrected chi connectivity index (χ1v) is 13.1. The summed E-state index contributed by atoms with van der Waals surface area (Å²) in [4.78, 5) is 35.2. The molecule has 0 aromatic heterocycles. The van der Waals surface area contributed by atoms with E-state index in [1.807, 2.05) is 25.6 Å². The SMILES string of the molecule is CCCCOC(=O)C(NC(=O)CCCCCCCSCCCCCC(C)=O)C(C)C. The normalized spacial score (nSPS) is 12.0. The highest BCUT2D eigenvalue weighted by atomic mass is 32.2. The predicted octanol–water partition coefficient (Wildman–Crippen LogP) is 5.69. The van der Waals surface area contributed by atoms with Crippen molar-refractivity contribution < 1.29 is 19.1 Å². The molecular weight excluding hydrogens is 398 g/mol. The number of hydrogen-bond donors (Lipinski definition) is 1. The Morgan fingerprint density at radius 2 is 1.40 bits per heavy atom. The summed E-state index contributed by atoms with van der Waals surface area (Å²) in [6, 6.07) is -0.547. The van der Waals surface area contributed by atoms with Crippen LogP contribution < -0.4 is 5.32 Å². The van der Waals surface area contributed by atoms with Crippen LogP contribution in [0, 0.1) is 5.92 Å². The molecule has 0 radical (unpaired) electrons. The first-order valence-electron chi connectivity index (χ1n) is 11.9. The van der Waals surface area contributed by atoms with Gasteiger partial charge < -0.3 is 14.8 Å². The molecule has 0 heterocycles. The van der Waals surface area contributed by atoms with Gasteiger partial charge >= 0.3 is 5.97 Å². The van der Waals surface area contributed by atoms with Gasteiger partial charge in [-0.3, -0.25) is 4.79 Å². The van der Waals surface area contributed by atoms with E-state index in [0.717, 1.165) is 51.4 Å². The number of ketones is 1. The number of ether oxygens (including phenoxy) is 1. The molecule has 0 saturated carbocycles. The van der Waals surface area contributed by atoms with Crippen molar-refractivity contribution in [1.29, 1.82) is 0 Å². The monoisotopic (exact) mass is 443 g/mol. The molecule has 176 valence electrons. The van der Waals surface area contributed by atoms with Gasteiger partial charge in [0, 0.05) is 12.8 Å². The van der Waals surface area contributed by atoms with Crippen molar-refractivity contribution in [3.8, 4) is 0 Å². The highest BCUT2D eigenvalue weighted by Crippen LogP contribution is 2.13.